The van der Waals surface area contributed by atoms with Gasteiger partial charge in [0.15, 0.2) is 0 Å². The monoisotopic (exact) mass is 487 g/mol. The number of carbonyl (C=O) groups is 2. The molecule has 0 atom stereocenters. The molecule has 0 spiro atoms. The summed E-state index contributed by atoms with van der Waals surface area (Å²) < 4.78 is 6.92. The summed E-state index contributed by atoms with van der Waals surface area (Å²) in [6, 6.07) is 21.2. The van der Waals surface area contributed by atoms with Gasteiger partial charge in [-0.3, -0.25) is 14.5 Å². The molecule has 1 fully saturated rings. The van der Waals surface area contributed by atoms with Gasteiger partial charge in [0.25, 0.3) is 11.1 Å². The van der Waals surface area contributed by atoms with Crippen LogP contribution in [0, 0.1) is 3.57 Å². The van der Waals surface area contributed by atoms with E-state index in [1.807, 2.05) is 60.7 Å². The number of amides is 2. The van der Waals surface area contributed by atoms with E-state index in [0.29, 0.717) is 10.7 Å². The molecule has 1 aliphatic rings. The maximum atomic E-state index is 12.6. The lowest BCUT2D eigenvalue weighted by atomic mass is 10.2. The Hall–Kier alpha value is -2.32. The molecule has 1 aliphatic heterocycles. The van der Waals surface area contributed by atoms with E-state index in [-0.39, 0.29) is 17.7 Å². The van der Waals surface area contributed by atoms with Gasteiger partial charge in [-0.15, -0.1) is 0 Å². The first-order valence-electron chi connectivity index (χ1n) is 8.25. The fourth-order valence-electron chi connectivity index (χ4n) is 2.73. The predicted octanol–water partition coefficient (Wildman–Crippen LogP) is 5.79. The van der Waals surface area contributed by atoms with Crippen molar-refractivity contribution >= 4 is 51.6 Å². The molecule has 0 bridgehead atoms. The molecule has 2 amide bonds. The lowest BCUT2D eigenvalue weighted by Gasteiger charge is -2.12. The molecule has 3 aromatic rings. The average molecular weight is 487 g/mol. The smallest absolute Gasteiger partial charge is 0.293 e. The van der Waals surface area contributed by atoms with Crippen LogP contribution in [-0.4, -0.2) is 16.0 Å². The van der Waals surface area contributed by atoms with E-state index in [1.54, 1.807) is 12.1 Å². The van der Waals surface area contributed by atoms with Gasteiger partial charge in [0, 0.05) is 15.2 Å². The molecule has 0 aliphatic carbocycles. The van der Waals surface area contributed by atoms with Crippen LogP contribution in [0.1, 0.15) is 11.3 Å². The van der Waals surface area contributed by atoms with E-state index in [0.717, 1.165) is 32.2 Å². The Morgan fingerprint density at radius 1 is 0.963 bits per heavy atom. The second-order valence-corrected chi connectivity index (χ2v) is 8.20. The molecular weight excluding hydrogens is 473 g/mol. The molecule has 2 aromatic carbocycles. The minimum absolute atomic E-state index is 0.264. The molecule has 0 radical (unpaired) electrons. The quantitative estimate of drug-likeness (QED) is 0.346. The van der Waals surface area contributed by atoms with Crippen molar-refractivity contribution in [3.8, 4) is 11.3 Å². The summed E-state index contributed by atoms with van der Waals surface area (Å²) in [6.45, 7) is 0.270. The molecule has 4 nitrogen and oxygen atoms in total. The third-order valence-corrected chi connectivity index (χ3v) is 5.71. The van der Waals surface area contributed by atoms with Gasteiger partial charge < -0.3 is 4.42 Å². The van der Waals surface area contributed by atoms with Crippen LogP contribution in [0.3, 0.4) is 0 Å². The van der Waals surface area contributed by atoms with Crippen LogP contribution in [0.2, 0.25) is 0 Å². The summed E-state index contributed by atoms with van der Waals surface area (Å²) >= 11 is 3.16. The Labute approximate surface area is 174 Å². The van der Waals surface area contributed by atoms with E-state index in [1.165, 1.54) is 4.90 Å². The SMILES string of the molecule is O=C1S/C(=C\c2ccc(-c3ccccc3)o2)C(=O)N1Cc1ccc(I)cc1. The van der Waals surface area contributed by atoms with Crippen molar-refractivity contribution in [3.63, 3.8) is 0 Å². The Balaban J connectivity index is 1.53. The third kappa shape index (κ3) is 4.01. The van der Waals surface area contributed by atoms with Gasteiger partial charge in [0.05, 0.1) is 11.4 Å². The lowest BCUT2D eigenvalue weighted by molar-refractivity contribution is -0.123. The van der Waals surface area contributed by atoms with Crippen molar-refractivity contribution in [2.24, 2.45) is 0 Å². The van der Waals surface area contributed by atoms with Gasteiger partial charge in [-0.1, -0.05) is 42.5 Å². The van der Waals surface area contributed by atoms with E-state index in [9.17, 15) is 9.59 Å². The standard InChI is InChI=1S/C21H14INO3S/c22-16-8-6-14(7-9-16)13-23-20(24)19(27-21(23)25)12-17-10-11-18(26-17)15-4-2-1-3-5-15/h1-12H,13H2/b19-12-. The van der Waals surface area contributed by atoms with Crippen LogP contribution in [0.15, 0.2) is 76.1 Å². The topological polar surface area (TPSA) is 50.5 Å². The highest BCUT2D eigenvalue weighted by molar-refractivity contribution is 14.1. The van der Waals surface area contributed by atoms with Crippen LogP contribution in [0.4, 0.5) is 4.79 Å². The minimum atomic E-state index is -0.291. The maximum Gasteiger partial charge on any atom is 0.293 e. The van der Waals surface area contributed by atoms with Crippen molar-refractivity contribution in [1.29, 1.82) is 0 Å². The van der Waals surface area contributed by atoms with Gasteiger partial charge in [-0.2, -0.15) is 0 Å². The molecular formula is C21H14INO3S. The second-order valence-electron chi connectivity index (χ2n) is 5.96. The first kappa shape index (κ1) is 18.1. The van der Waals surface area contributed by atoms with Gasteiger partial charge in [0.1, 0.15) is 11.5 Å². The van der Waals surface area contributed by atoms with Crippen molar-refractivity contribution < 1.29 is 14.0 Å². The van der Waals surface area contributed by atoms with Crippen LogP contribution in [0.25, 0.3) is 17.4 Å². The van der Waals surface area contributed by atoms with Crippen molar-refractivity contribution in [3.05, 3.63) is 86.5 Å². The average Bonchev–Trinajstić information content (AvgIpc) is 3.25. The number of thioether (sulfide) groups is 1. The zero-order chi connectivity index (χ0) is 18.8. The largest absolute Gasteiger partial charge is 0.457 e. The Kier molecular flexibility index (Phi) is 5.18. The van der Waals surface area contributed by atoms with Gasteiger partial charge >= 0.3 is 0 Å². The molecule has 0 unspecified atom stereocenters. The molecule has 0 saturated carbocycles. The number of benzene rings is 2. The second kappa shape index (κ2) is 7.74. The van der Waals surface area contributed by atoms with E-state index in [2.05, 4.69) is 22.6 Å². The normalized spacial score (nSPS) is 15.7. The van der Waals surface area contributed by atoms with Crippen molar-refractivity contribution in [1.82, 2.24) is 4.90 Å². The molecule has 4 rings (SSSR count). The summed E-state index contributed by atoms with van der Waals surface area (Å²) in [6.07, 6.45) is 1.63. The number of hydrogen-bond acceptors (Lipinski definition) is 4. The molecule has 27 heavy (non-hydrogen) atoms. The summed E-state index contributed by atoms with van der Waals surface area (Å²) in [5.41, 5.74) is 1.88. The molecule has 0 N–H and O–H groups in total. The molecule has 1 saturated heterocycles. The summed E-state index contributed by atoms with van der Waals surface area (Å²) in [5.74, 6) is 0.981. The van der Waals surface area contributed by atoms with Crippen molar-refractivity contribution in [2.45, 2.75) is 6.54 Å². The minimum Gasteiger partial charge on any atom is -0.457 e. The lowest BCUT2D eigenvalue weighted by Crippen LogP contribution is -2.27. The highest BCUT2D eigenvalue weighted by atomic mass is 127. The van der Waals surface area contributed by atoms with Gasteiger partial charge in [0.2, 0.25) is 0 Å². The van der Waals surface area contributed by atoms with E-state index < -0.39 is 0 Å². The predicted molar refractivity (Wildman–Crippen MR) is 115 cm³/mol. The number of carbonyl (C=O) groups excluding carboxylic acids is 2. The van der Waals surface area contributed by atoms with Crippen LogP contribution in [-0.2, 0) is 11.3 Å². The molecule has 2 heterocycles. The van der Waals surface area contributed by atoms with Crippen LogP contribution >= 0.6 is 34.4 Å². The highest BCUT2D eigenvalue weighted by Crippen LogP contribution is 2.34. The fourth-order valence-corrected chi connectivity index (χ4v) is 3.90. The highest BCUT2D eigenvalue weighted by Gasteiger charge is 2.35. The number of rotatable bonds is 4. The summed E-state index contributed by atoms with van der Waals surface area (Å²) in [5, 5.41) is -0.264. The molecule has 6 heteroatoms. The van der Waals surface area contributed by atoms with Gasteiger partial charge in [-0.25, -0.2) is 0 Å². The zero-order valence-electron chi connectivity index (χ0n) is 14.1. The van der Waals surface area contributed by atoms with Crippen LogP contribution < -0.4 is 0 Å². The third-order valence-electron chi connectivity index (χ3n) is 4.09. The number of nitrogens with zero attached hydrogens (tertiary/aromatic N) is 1. The first-order valence-corrected chi connectivity index (χ1v) is 10.1. The number of halogens is 1. The molecule has 1 aromatic heterocycles. The van der Waals surface area contributed by atoms with Crippen LogP contribution in [0.5, 0.6) is 0 Å². The van der Waals surface area contributed by atoms with E-state index in [4.69, 9.17) is 4.42 Å². The first-order chi connectivity index (χ1) is 13.1. The number of furan rings is 1. The molecule has 134 valence electrons. The van der Waals surface area contributed by atoms with E-state index >= 15 is 0 Å². The van der Waals surface area contributed by atoms with Gasteiger partial charge in [-0.05, 0) is 64.2 Å². The Morgan fingerprint density at radius 3 is 2.44 bits per heavy atom. The number of hydrogen-bond donors (Lipinski definition) is 0. The Morgan fingerprint density at radius 2 is 1.70 bits per heavy atom. The fraction of sp³-hybridized carbons (Fsp3) is 0.0476. The maximum absolute atomic E-state index is 12.6. The zero-order valence-corrected chi connectivity index (χ0v) is 17.1. The summed E-state index contributed by atoms with van der Waals surface area (Å²) in [7, 11) is 0. The summed E-state index contributed by atoms with van der Waals surface area (Å²) in [4.78, 5) is 26.6. The van der Waals surface area contributed by atoms with Crippen molar-refractivity contribution in [2.75, 3.05) is 0 Å². The number of imide groups is 1. The Bertz CT molecular complexity index is 1030.